The Morgan fingerprint density at radius 1 is 1.30 bits per heavy atom. The summed E-state index contributed by atoms with van der Waals surface area (Å²) in [7, 11) is 1.46. The van der Waals surface area contributed by atoms with Crippen LogP contribution >= 0.6 is 11.6 Å². The first-order valence-corrected chi connectivity index (χ1v) is 14.8. The third-order valence-electron chi connectivity index (χ3n) is 7.12. The van der Waals surface area contributed by atoms with E-state index < -0.39 is 41.3 Å². The van der Waals surface area contributed by atoms with Crippen LogP contribution in [0.3, 0.4) is 0 Å². The predicted molar refractivity (Wildman–Crippen MR) is 143 cm³/mol. The molecule has 1 unspecified atom stereocenters. The number of methoxy groups -OCH3 is 1. The molecule has 1 aliphatic heterocycles. The standard InChI is InChI=1S/C27H38ClNO6S.BrH/c1-18(2)11-12-21-26(3,35-21)24-23(33-4)20(34-25(31)29-22(30)15-28)13-14-27(24,32)17-36(5)16-19-9-7-6-8-10-19;/h6-11,20-21,23-24,32H,12-17H2,1-5H3;1H/t20-,21-,23-,24-,26+,27+,36?;/m1./s1. The van der Waals surface area contributed by atoms with Crippen LogP contribution in [0.5, 0.6) is 0 Å². The molecule has 0 radical (unpaired) electrons. The first-order valence-electron chi connectivity index (χ1n) is 12.3. The molecule has 2 amide bonds. The summed E-state index contributed by atoms with van der Waals surface area (Å²) in [5.74, 6) is 0.0643. The van der Waals surface area contributed by atoms with Gasteiger partial charge in [-0.05, 0) is 50.9 Å². The number of halogens is 2. The minimum absolute atomic E-state index is 0. The van der Waals surface area contributed by atoms with E-state index in [-0.39, 0.29) is 39.9 Å². The Balaban J connectivity index is 0.00000481. The highest BCUT2D eigenvalue weighted by molar-refractivity contribution is 7.95. The minimum Gasteiger partial charge on any atom is -1.00 e. The molecule has 208 valence electrons. The van der Waals surface area contributed by atoms with Crippen molar-refractivity contribution in [3.8, 4) is 0 Å². The van der Waals surface area contributed by atoms with Crippen LogP contribution in [-0.2, 0) is 35.7 Å². The van der Waals surface area contributed by atoms with Gasteiger partial charge in [0.2, 0.25) is 5.91 Å². The first kappa shape index (κ1) is 32.1. The van der Waals surface area contributed by atoms with Crippen molar-refractivity contribution in [1.82, 2.24) is 5.32 Å². The molecule has 7 nitrogen and oxygen atoms in total. The largest absolute Gasteiger partial charge is 1.00 e. The highest BCUT2D eigenvalue weighted by atomic mass is 79.9. The van der Waals surface area contributed by atoms with Crippen molar-refractivity contribution in [2.24, 2.45) is 5.92 Å². The van der Waals surface area contributed by atoms with E-state index in [0.29, 0.717) is 18.6 Å². The molecule has 3 rings (SSSR count). The molecule has 7 atom stereocenters. The van der Waals surface area contributed by atoms with Gasteiger partial charge in [-0.25, -0.2) is 4.79 Å². The zero-order valence-electron chi connectivity index (χ0n) is 22.2. The van der Waals surface area contributed by atoms with Gasteiger partial charge in [0.1, 0.15) is 40.8 Å². The Kier molecular flexibility index (Phi) is 12.0. The number of rotatable bonds is 10. The van der Waals surface area contributed by atoms with Crippen LogP contribution in [0.15, 0.2) is 42.0 Å². The van der Waals surface area contributed by atoms with Gasteiger partial charge in [0.15, 0.2) is 0 Å². The second kappa shape index (κ2) is 13.8. The summed E-state index contributed by atoms with van der Waals surface area (Å²) < 4.78 is 17.8. The molecule has 0 bridgehead atoms. The van der Waals surface area contributed by atoms with Crippen LogP contribution in [-0.4, -0.2) is 71.6 Å². The Hall–Kier alpha value is -1.10. The van der Waals surface area contributed by atoms with E-state index in [1.807, 2.05) is 39.0 Å². The maximum absolute atomic E-state index is 12.3. The molecule has 1 saturated heterocycles. The first-order chi connectivity index (χ1) is 17.0. The SMILES string of the molecule is CO[C@@H]1[C@H](OC(=O)NC(=O)CCl)CC[C@](O)(C[S+](C)Cc2ccccc2)[C@H]1[C@@]1(C)O[C@@H]1CC=C(C)C.[Br-]. The van der Waals surface area contributed by atoms with E-state index in [1.54, 1.807) is 7.11 Å². The van der Waals surface area contributed by atoms with Crippen molar-refractivity contribution in [2.75, 3.05) is 25.0 Å². The fraction of sp³-hybridized carbons (Fsp3) is 0.630. The number of carbonyl (C=O) groups excluding carboxylic acids is 2. The molecule has 1 saturated carbocycles. The number of carbonyl (C=O) groups is 2. The van der Waals surface area contributed by atoms with Crippen molar-refractivity contribution in [1.29, 1.82) is 0 Å². The molecule has 2 N–H and O–H groups in total. The highest BCUT2D eigenvalue weighted by Crippen LogP contribution is 2.55. The molecule has 0 aromatic heterocycles. The van der Waals surface area contributed by atoms with Gasteiger partial charge in [0.05, 0.1) is 18.3 Å². The lowest BCUT2D eigenvalue weighted by Crippen LogP contribution is -3.00. The number of benzene rings is 1. The lowest BCUT2D eigenvalue weighted by Gasteiger charge is -2.48. The van der Waals surface area contributed by atoms with E-state index >= 15 is 0 Å². The van der Waals surface area contributed by atoms with E-state index in [4.69, 9.17) is 25.8 Å². The van der Waals surface area contributed by atoms with Crippen molar-refractivity contribution in [3.63, 3.8) is 0 Å². The Morgan fingerprint density at radius 2 is 1.97 bits per heavy atom. The van der Waals surface area contributed by atoms with Gasteiger partial charge in [-0.1, -0.05) is 42.0 Å². The number of allylic oxidation sites excluding steroid dienone is 1. The number of alkyl carbamates (subject to hydrolysis) is 1. The quantitative estimate of drug-likeness (QED) is 0.175. The Bertz CT molecular complexity index is 948. The number of hydrogen-bond donors (Lipinski definition) is 2. The van der Waals surface area contributed by atoms with Gasteiger partial charge in [-0.3, -0.25) is 10.1 Å². The summed E-state index contributed by atoms with van der Waals surface area (Å²) in [4.78, 5) is 23.9. The van der Waals surface area contributed by atoms with Gasteiger partial charge in [0.25, 0.3) is 0 Å². The van der Waals surface area contributed by atoms with Crippen molar-refractivity contribution in [2.45, 2.75) is 75.3 Å². The average Bonchev–Trinajstić information content (AvgIpc) is 3.49. The van der Waals surface area contributed by atoms with Gasteiger partial charge >= 0.3 is 6.09 Å². The average molecular weight is 621 g/mol. The number of aliphatic hydroxyl groups is 1. The number of epoxide rings is 1. The number of nitrogens with one attached hydrogen (secondary N) is 1. The topological polar surface area (TPSA) is 97.4 Å². The molecular weight excluding hydrogens is 582 g/mol. The molecule has 37 heavy (non-hydrogen) atoms. The molecule has 1 aromatic rings. The number of alkyl halides is 1. The van der Waals surface area contributed by atoms with Crippen LogP contribution < -0.4 is 22.3 Å². The summed E-state index contributed by atoms with van der Waals surface area (Å²) in [6, 6.07) is 10.3. The third-order valence-corrected chi connectivity index (χ3v) is 9.18. The maximum Gasteiger partial charge on any atom is 0.414 e. The van der Waals surface area contributed by atoms with Gasteiger partial charge in [-0.2, -0.15) is 0 Å². The summed E-state index contributed by atoms with van der Waals surface area (Å²) >= 11 is 5.50. The third kappa shape index (κ3) is 8.19. The van der Waals surface area contributed by atoms with E-state index in [9.17, 15) is 14.7 Å². The zero-order chi connectivity index (χ0) is 26.5. The fourth-order valence-corrected chi connectivity index (χ4v) is 7.60. The summed E-state index contributed by atoms with van der Waals surface area (Å²) in [5.41, 5.74) is 0.738. The molecule has 10 heteroatoms. The second-order valence-electron chi connectivity index (χ2n) is 10.3. The van der Waals surface area contributed by atoms with Crippen LogP contribution in [0.25, 0.3) is 0 Å². The summed E-state index contributed by atoms with van der Waals surface area (Å²) in [6.45, 7) is 6.11. The smallest absolute Gasteiger partial charge is 0.414 e. The Morgan fingerprint density at radius 3 is 2.57 bits per heavy atom. The van der Waals surface area contributed by atoms with Gasteiger partial charge in [-0.15, -0.1) is 11.6 Å². The molecular formula is C27H39BrClNO6S. The number of hydrogen-bond acceptors (Lipinski definition) is 6. The normalized spacial score (nSPS) is 31.4. The summed E-state index contributed by atoms with van der Waals surface area (Å²) in [5, 5.41) is 14.3. The highest BCUT2D eigenvalue weighted by Gasteiger charge is 2.68. The molecule has 1 heterocycles. The van der Waals surface area contributed by atoms with Gasteiger partial charge < -0.3 is 36.3 Å². The predicted octanol–water partition coefficient (Wildman–Crippen LogP) is 0.969. The van der Waals surface area contributed by atoms with Crippen molar-refractivity contribution >= 4 is 34.5 Å². The fourth-order valence-electron chi connectivity index (χ4n) is 5.49. The maximum atomic E-state index is 12.3. The zero-order valence-corrected chi connectivity index (χ0v) is 25.3. The second-order valence-corrected chi connectivity index (χ2v) is 12.7. The number of amides is 2. The van der Waals surface area contributed by atoms with E-state index in [2.05, 4.69) is 29.8 Å². The van der Waals surface area contributed by atoms with Gasteiger partial charge in [0, 0.05) is 12.7 Å². The van der Waals surface area contributed by atoms with E-state index in [1.165, 1.54) is 11.1 Å². The van der Waals surface area contributed by atoms with Crippen LogP contribution in [0, 0.1) is 5.92 Å². The molecule has 2 fully saturated rings. The molecule has 1 aliphatic carbocycles. The lowest BCUT2D eigenvalue weighted by molar-refractivity contribution is -0.170. The van der Waals surface area contributed by atoms with Crippen molar-refractivity contribution in [3.05, 3.63) is 47.5 Å². The van der Waals surface area contributed by atoms with Crippen LogP contribution in [0.4, 0.5) is 4.79 Å². The van der Waals surface area contributed by atoms with Crippen LogP contribution in [0.1, 0.15) is 45.6 Å². The minimum atomic E-state index is -1.07. The molecule has 2 aliphatic rings. The van der Waals surface area contributed by atoms with Crippen LogP contribution in [0.2, 0.25) is 0 Å². The lowest BCUT2D eigenvalue weighted by atomic mass is 9.66. The number of imide groups is 1. The molecule has 0 spiro atoms. The Labute approximate surface area is 238 Å². The monoisotopic (exact) mass is 619 g/mol. The van der Waals surface area contributed by atoms with E-state index in [0.717, 1.165) is 12.2 Å². The van der Waals surface area contributed by atoms with Crippen molar-refractivity contribution < 1.29 is 45.9 Å². The molecule has 1 aromatic carbocycles. The summed E-state index contributed by atoms with van der Waals surface area (Å²) in [6.07, 6.45) is 3.72. The number of ether oxygens (including phenoxy) is 3.